The minimum absolute atomic E-state index is 0.292. The molecular weight excluding hydrogens is 217 g/mol. The first kappa shape index (κ1) is 11.5. The minimum atomic E-state index is -0.292. The van der Waals surface area contributed by atoms with Crippen LogP contribution in [0.5, 0.6) is 0 Å². The number of rotatable bonds is 3. The van der Waals surface area contributed by atoms with Crippen LogP contribution >= 0.6 is 0 Å². The molecule has 0 bridgehead atoms. The van der Waals surface area contributed by atoms with Crippen LogP contribution in [0.15, 0.2) is 30.5 Å². The molecule has 0 fully saturated rings. The zero-order valence-corrected chi connectivity index (χ0v) is 9.65. The normalized spacial score (nSPS) is 10.5. The summed E-state index contributed by atoms with van der Waals surface area (Å²) in [7, 11) is 0. The van der Waals surface area contributed by atoms with Crippen LogP contribution < -0.4 is 5.73 Å². The quantitative estimate of drug-likeness (QED) is 0.883. The second-order valence-electron chi connectivity index (χ2n) is 3.86. The lowest BCUT2D eigenvalue weighted by molar-refractivity contribution is 0.628. The number of nitrogens with zero attached hydrogens (tertiary/aromatic N) is 2. The van der Waals surface area contributed by atoms with Crippen molar-refractivity contribution in [3.8, 4) is 11.4 Å². The van der Waals surface area contributed by atoms with E-state index in [1.54, 1.807) is 18.3 Å². The van der Waals surface area contributed by atoms with E-state index >= 15 is 0 Å². The maximum atomic E-state index is 13.1. The summed E-state index contributed by atoms with van der Waals surface area (Å²) in [5.41, 5.74) is 7.86. The maximum Gasteiger partial charge on any atom is 0.159 e. The van der Waals surface area contributed by atoms with Gasteiger partial charge in [-0.2, -0.15) is 0 Å². The maximum absolute atomic E-state index is 13.1. The first-order valence-electron chi connectivity index (χ1n) is 5.58. The van der Waals surface area contributed by atoms with Gasteiger partial charge in [0.25, 0.3) is 0 Å². The lowest BCUT2D eigenvalue weighted by Crippen LogP contribution is -2.01. The number of nitrogen functional groups attached to an aromatic ring is 1. The number of nitrogens with two attached hydrogens (primary N) is 1. The van der Waals surface area contributed by atoms with Gasteiger partial charge in [-0.25, -0.2) is 14.4 Å². The number of aromatic nitrogens is 2. The highest BCUT2D eigenvalue weighted by Gasteiger charge is 2.06. The monoisotopic (exact) mass is 231 g/mol. The molecule has 0 aliphatic heterocycles. The Balaban J connectivity index is 2.42. The van der Waals surface area contributed by atoms with Gasteiger partial charge in [0.05, 0.1) is 17.6 Å². The van der Waals surface area contributed by atoms with Gasteiger partial charge < -0.3 is 5.73 Å². The second-order valence-corrected chi connectivity index (χ2v) is 3.86. The van der Waals surface area contributed by atoms with Gasteiger partial charge in [-0.1, -0.05) is 25.5 Å². The van der Waals surface area contributed by atoms with Gasteiger partial charge in [-0.05, 0) is 18.6 Å². The SMILES string of the molecule is CCCc1nc(-c2cccc(F)c2)ncc1N. The lowest BCUT2D eigenvalue weighted by atomic mass is 10.2. The van der Waals surface area contributed by atoms with E-state index in [1.807, 2.05) is 0 Å². The summed E-state index contributed by atoms with van der Waals surface area (Å²) in [5.74, 6) is 0.224. The fourth-order valence-corrected chi connectivity index (χ4v) is 1.63. The van der Waals surface area contributed by atoms with Gasteiger partial charge in [0.2, 0.25) is 0 Å². The Morgan fingerprint density at radius 3 is 2.88 bits per heavy atom. The van der Waals surface area contributed by atoms with E-state index in [-0.39, 0.29) is 5.82 Å². The Hall–Kier alpha value is -1.97. The fourth-order valence-electron chi connectivity index (χ4n) is 1.63. The van der Waals surface area contributed by atoms with E-state index in [9.17, 15) is 4.39 Å². The summed E-state index contributed by atoms with van der Waals surface area (Å²) in [6.07, 6.45) is 3.35. The molecule has 0 aliphatic rings. The van der Waals surface area contributed by atoms with Crippen molar-refractivity contribution >= 4 is 5.69 Å². The van der Waals surface area contributed by atoms with Crippen molar-refractivity contribution in [3.63, 3.8) is 0 Å². The molecule has 1 heterocycles. The van der Waals surface area contributed by atoms with E-state index in [0.29, 0.717) is 17.1 Å². The molecule has 0 amide bonds. The standard InChI is InChI=1S/C13H14FN3/c1-2-4-12-11(15)8-16-13(17-12)9-5-3-6-10(14)7-9/h3,5-8H,2,4,15H2,1H3. The predicted octanol–water partition coefficient (Wildman–Crippen LogP) is 2.82. The van der Waals surface area contributed by atoms with E-state index in [2.05, 4.69) is 16.9 Å². The molecule has 0 unspecified atom stereocenters. The molecular formula is C13H14FN3. The van der Waals surface area contributed by atoms with Crippen LogP contribution in [0.4, 0.5) is 10.1 Å². The molecule has 2 N–H and O–H groups in total. The Morgan fingerprint density at radius 2 is 2.18 bits per heavy atom. The van der Waals surface area contributed by atoms with Gasteiger partial charge in [0, 0.05) is 5.56 Å². The summed E-state index contributed by atoms with van der Waals surface area (Å²) < 4.78 is 13.1. The summed E-state index contributed by atoms with van der Waals surface area (Å²) in [6, 6.07) is 6.24. The highest BCUT2D eigenvalue weighted by molar-refractivity contribution is 5.57. The number of anilines is 1. The molecule has 17 heavy (non-hydrogen) atoms. The van der Waals surface area contributed by atoms with Crippen LogP contribution in [0, 0.1) is 5.82 Å². The van der Waals surface area contributed by atoms with Crippen molar-refractivity contribution in [3.05, 3.63) is 42.0 Å². The van der Waals surface area contributed by atoms with E-state index in [4.69, 9.17) is 5.73 Å². The van der Waals surface area contributed by atoms with Crippen LogP contribution in [0.2, 0.25) is 0 Å². The van der Waals surface area contributed by atoms with E-state index in [0.717, 1.165) is 18.5 Å². The third-order valence-corrected chi connectivity index (χ3v) is 2.47. The third kappa shape index (κ3) is 2.58. The highest BCUT2D eigenvalue weighted by atomic mass is 19.1. The number of hydrogen-bond donors (Lipinski definition) is 1. The molecule has 0 atom stereocenters. The molecule has 0 aliphatic carbocycles. The van der Waals surface area contributed by atoms with Crippen LogP contribution in [0.1, 0.15) is 19.0 Å². The van der Waals surface area contributed by atoms with Crippen molar-refractivity contribution < 1.29 is 4.39 Å². The Kier molecular flexibility index (Phi) is 3.32. The molecule has 0 radical (unpaired) electrons. The summed E-state index contributed by atoms with van der Waals surface area (Å²) in [5, 5.41) is 0. The van der Waals surface area contributed by atoms with Gasteiger partial charge in [0.1, 0.15) is 5.82 Å². The molecule has 88 valence electrons. The zero-order chi connectivity index (χ0) is 12.3. The molecule has 3 nitrogen and oxygen atoms in total. The summed E-state index contributed by atoms with van der Waals surface area (Å²) in [6.45, 7) is 2.06. The average Bonchev–Trinajstić information content (AvgIpc) is 2.32. The lowest BCUT2D eigenvalue weighted by Gasteiger charge is -2.06. The molecule has 0 saturated heterocycles. The van der Waals surface area contributed by atoms with Gasteiger partial charge >= 0.3 is 0 Å². The van der Waals surface area contributed by atoms with E-state index < -0.39 is 0 Å². The zero-order valence-electron chi connectivity index (χ0n) is 9.65. The summed E-state index contributed by atoms with van der Waals surface area (Å²) in [4.78, 5) is 8.50. The molecule has 1 aromatic carbocycles. The first-order chi connectivity index (χ1) is 8.20. The molecule has 2 aromatic rings. The highest BCUT2D eigenvalue weighted by Crippen LogP contribution is 2.19. The molecule has 1 aromatic heterocycles. The Bertz CT molecular complexity index is 526. The topological polar surface area (TPSA) is 51.8 Å². The van der Waals surface area contributed by atoms with Gasteiger partial charge in [0.15, 0.2) is 5.82 Å². The number of benzene rings is 1. The molecule has 4 heteroatoms. The van der Waals surface area contributed by atoms with Crippen molar-refractivity contribution in [1.82, 2.24) is 9.97 Å². The summed E-state index contributed by atoms with van der Waals surface area (Å²) >= 11 is 0. The second kappa shape index (κ2) is 4.91. The average molecular weight is 231 g/mol. The number of aryl methyl sites for hydroxylation is 1. The Labute approximate surface area is 99.5 Å². The van der Waals surface area contributed by atoms with Gasteiger partial charge in [-0.15, -0.1) is 0 Å². The van der Waals surface area contributed by atoms with Crippen LogP contribution in [-0.2, 0) is 6.42 Å². The van der Waals surface area contributed by atoms with Crippen molar-refractivity contribution in [1.29, 1.82) is 0 Å². The van der Waals surface area contributed by atoms with Crippen molar-refractivity contribution in [2.75, 3.05) is 5.73 Å². The minimum Gasteiger partial charge on any atom is -0.396 e. The smallest absolute Gasteiger partial charge is 0.159 e. The largest absolute Gasteiger partial charge is 0.396 e. The van der Waals surface area contributed by atoms with Crippen LogP contribution in [0.3, 0.4) is 0 Å². The van der Waals surface area contributed by atoms with Crippen LogP contribution in [-0.4, -0.2) is 9.97 Å². The van der Waals surface area contributed by atoms with Crippen molar-refractivity contribution in [2.24, 2.45) is 0 Å². The Morgan fingerprint density at radius 1 is 1.35 bits per heavy atom. The van der Waals surface area contributed by atoms with Crippen LogP contribution in [0.25, 0.3) is 11.4 Å². The molecule has 0 spiro atoms. The van der Waals surface area contributed by atoms with E-state index in [1.165, 1.54) is 12.1 Å². The molecule has 0 saturated carbocycles. The molecule has 2 rings (SSSR count). The number of halogens is 1. The predicted molar refractivity (Wildman–Crippen MR) is 65.8 cm³/mol. The fraction of sp³-hybridized carbons (Fsp3) is 0.231. The third-order valence-electron chi connectivity index (χ3n) is 2.47. The first-order valence-corrected chi connectivity index (χ1v) is 5.58. The number of hydrogen-bond acceptors (Lipinski definition) is 3. The van der Waals surface area contributed by atoms with Gasteiger partial charge in [-0.3, -0.25) is 0 Å². The van der Waals surface area contributed by atoms with Crippen molar-refractivity contribution in [2.45, 2.75) is 19.8 Å².